The van der Waals surface area contributed by atoms with Crippen LogP contribution in [0.2, 0.25) is 0 Å². The van der Waals surface area contributed by atoms with Gasteiger partial charge in [0, 0.05) is 13.1 Å². The fraction of sp³-hybridized carbons (Fsp3) is 0.846. The minimum Gasteiger partial charge on any atom is -0.450 e. The number of alkyl carbamates (subject to hydrolysis) is 1. The number of ether oxygens (including phenoxy) is 2. The van der Waals surface area contributed by atoms with E-state index in [1.165, 1.54) is 0 Å². The van der Waals surface area contributed by atoms with E-state index in [4.69, 9.17) is 15.2 Å². The van der Waals surface area contributed by atoms with Gasteiger partial charge in [-0.3, -0.25) is 4.99 Å². The highest BCUT2D eigenvalue weighted by atomic mass is 16.5. The van der Waals surface area contributed by atoms with Crippen molar-refractivity contribution in [2.24, 2.45) is 16.6 Å². The van der Waals surface area contributed by atoms with Gasteiger partial charge in [0.1, 0.15) is 0 Å². The molecule has 1 aliphatic heterocycles. The smallest absolute Gasteiger partial charge is 0.407 e. The van der Waals surface area contributed by atoms with Crippen LogP contribution in [0.3, 0.4) is 0 Å². The van der Waals surface area contributed by atoms with Crippen molar-refractivity contribution in [1.29, 1.82) is 0 Å². The van der Waals surface area contributed by atoms with Gasteiger partial charge in [-0.05, 0) is 25.7 Å². The molecular weight excluding hydrogens is 260 g/mol. The third-order valence-electron chi connectivity index (χ3n) is 3.55. The number of carbonyl (C=O) groups excluding carboxylic acids is 1. The van der Waals surface area contributed by atoms with E-state index in [-0.39, 0.29) is 12.1 Å². The summed E-state index contributed by atoms with van der Waals surface area (Å²) >= 11 is 0. The first-order valence-electron chi connectivity index (χ1n) is 7.26. The molecule has 0 aromatic carbocycles. The second kappa shape index (κ2) is 7.33. The van der Waals surface area contributed by atoms with Crippen molar-refractivity contribution in [1.82, 2.24) is 10.2 Å². The van der Waals surface area contributed by atoms with Crippen LogP contribution in [0.25, 0.3) is 0 Å². The van der Waals surface area contributed by atoms with Gasteiger partial charge >= 0.3 is 6.09 Å². The summed E-state index contributed by atoms with van der Waals surface area (Å²) in [6, 6.07) is 0.0219. The summed E-state index contributed by atoms with van der Waals surface area (Å²) < 4.78 is 10.2. The maximum atomic E-state index is 11.5. The van der Waals surface area contributed by atoms with E-state index in [9.17, 15) is 4.79 Å². The Morgan fingerprint density at radius 2 is 2.20 bits per heavy atom. The molecule has 0 aromatic heterocycles. The van der Waals surface area contributed by atoms with Crippen LogP contribution in [0.4, 0.5) is 4.79 Å². The van der Waals surface area contributed by atoms with E-state index in [1.807, 2.05) is 4.90 Å². The molecule has 20 heavy (non-hydrogen) atoms. The highest BCUT2D eigenvalue weighted by molar-refractivity contribution is 5.78. The Bertz CT molecular complexity index is 352. The predicted octanol–water partition coefficient (Wildman–Crippen LogP) is 0.158. The third kappa shape index (κ3) is 4.56. The Morgan fingerprint density at radius 3 is 2.80 bits per heavy atom. The normalized spacial score (nSPS) is 21.4. The van der Waals surface area contributed by atoms with Crippen LogP contribution in [-0.4, -0.2) is 62.4 Å². The lowest BCUT2D eigenvalue weighted by Gasteiger charge is -2.28. The van der Waals surface area contributed by atoms with Gasteiger partial charge < -0.3 is 25.4 Å². The molecular formula is C13H24N4O3. The van der Waals surface area contributed by atoms with Gasteiger partial charge in [-0.15, -0.1) is 0 Å². The van der Waals surface area contributed by atoms with Crippen molar-refractivity contribution in [2.45, 2.75) is 25.8 Å². The first kappa shape index (κ1) is 14.9. The van der Waals surface area contributed by atoms with Crippen molar-refractivity contribution < 1.29 is 14.3 Å². The average Bonchev–Trinajstić information content (AvgIpc) is 3.29. The number of morpholine rings is 1. The van der Waals surface area contributed by atoms with Gasteiger partial charge in [0.15, 0.2) is 5.96 Å². The van der Waals surface area contributed by atoms with Crippen LogP contribution in [0.5, 0.6) is 0 Å². The molecule has 0 aromatic rings. The number of rotatable bonds is 5. The standard InChI is InChI=1S/C13H24N4O3/c1-2-20-13(18)16-11(10-3-4-10)9-15-12(14)17-5-7-19-8-6-17/h10-11H,2-9H2,1H3,(H2,14,15)(H,16,18). The molecule has 1 saturated carbocycles. The van der Waals surface area contributed by atoms with E-state index < -0.39 is 0 Å². The van der Waals surface area contributed by atoms with E-state index >= 15 is 0 Å². The molecule has 3 N–H and O–H groups in total. The molecule has 7 heteroatoms. The van der Waals surface area contributed by atoms with E-state index in [0.29, 0.717) is 38.2 Å². The molecule has 1 unspecified atom stereocenters. The molecule has 2 aliphatic rings. The zero-order chi connectivity index (χ0) is 14.4. The second-order valence-electron chi connectivity index (χ2n) is 5.11. The quantitative estimate of drug-likeness (QED) is 0.554. The van der Waals surface area contributed by atoms with Gasteiger partial charge in [-0.1, -0.05) is 0 Å². The summed E-state index contributed by atoms with van der Waals surface area (Å²) in [7, 11) is 0. The summed E-state index contributed by atoms with van der Waals surface area (Å²) in [4.78, 5) is 17.9. The molecule has 1 aliphatic carbocycles. The Labute approximate surface area is 119 Å². The molecule has 2 rings (SSSR count). The van der Waals surface area contributed by atoms with Crippen molar-refractivity contribution >= 4 is 12.1 Å². The van der Waals surface area contributed by atoms with Crippen molar-refractivity contribution in [3.8, 4) is 0 Å². The van der Waals surface area contributed by atoms with Crippen LogP contribution in [-0.2, 0) is 9.47 Å². The topological polar surface area (TPSA) is 89.2 Å². The summed E-state index contributed by atoms with van der Waals surface area (Å²) in [6.07, 6.45) is 1.89. The molecule has 0 radical (unpaired) electrons. The van der Waals surface area contributed by atoms with E-state index in [2.05, 4.69) is 10.3 Å². The van der Waals surface area contributed by atoms with Gasteiger partial charge in [-0.25, -0.2) is 4.79 Å². The van der Waals surface area contributed by atoms with Crippen LogP contribution in [0.1, 0.15) is 19.8 Å². The summed E-state index contributed by atoms with van der Waals surface area (Å²) in [6.45, 7) is 5.59. The van der Waals surface area contributed by atoms with E-state index in [1.54, 1.807) is 6.92 Å². The summed E-state index contributed by atoms with van der Waals surface area (Å²) in [5.41, 5.74) is 5.98. The van der Waals surface area contributed by atoms with Crippen molar-refractivity contribution in [3.05, 3.63) is 0 Å². The largest absolute Gasteiger partial charge is 0.450 e. The average molecular weight is 284 g/mol. The summed E-state index contributed by atoms with van der Waals surface area (Å²) in [5.74, 6) is 1.03. The van der Waals surface area contributed by atoms with Gasteiger partial charge in [-0.2, -0.15) is 0 Å². The number of nitrogens with one attached hydrogen (secondary N) is 1. The molecule has 114 valence electrons. The van der Waals surface area contributed by atoms with Crippen molar-refractivity contribution in [3.63, 3.8) is 0 Å². The molecule has 1 atom stereocenters. The number of amides is 1. The number of hydrogen-bond donors (Lipinski definition) is 2. The number of nitrogens with two attached hydrogens (primary N) is 1. The lowest BCUT2D eigenvalue weighted by Crippen LogP contribution is -2.46. The highest BCUT2D eigenvalue weighted by Crippen LogP contribution is 2.32. The monoisotopic (exact) mass is 284 g/mol. The molecule has 0 bridgehead atoms. The lowest BCUT2D eigenvalue weighted by molar-refractivity contribution is 0.0674. The van der Waals surface area contributed by atoms with Gasteiger partial charge in [0.2, 0.25) is 0 Å². The van der Waals surface area contributed by atoms with Gasteiger partial charge in [0.05, 0.1) is 32.4 Å². The van der Waals surface area contributed by atoms with Crippen LogP contribution in [0.15, 0.2) is 4.99 Å². The zero-order valence-electron chi connectivity index (χ0n) is 12.0. The Kier molecular flexibility index (Phi) is 5.46. The first-order chi connectivity index (χ1) is 9.70. The fourth-order valence-electron chi connectivity index (χ4n) is 2.22. The molecule has 0 spiro atoms. The highest BCUT2D eigenvalue weighted by Gasteiger charge is 2.32. The van der Waals surface area contributed by atoms with Crippen molar-refractivity contribution in [2.75, 3.05) is 39.5 Å². The van der Waals surface area contributed by atoms with Crippen LogP contribution >= 0.6 is 0 Å². The van der Waals surface area contributed by atoms with E-state index in [0.717, 1.165) is 25.9 Å². The van der Waals surface area contributed by atoms with Crippen LogP contribution in [0, 0.1) is 5.92 Å². The predicted molar refractivity (Wildman–Crippen MR) is 75.6 cm³/mol. The lowest BCUT2D eigenvalue weighted by atomic mass is 10.2. The second-order valence-corrected chi connectivity index (χ2v) is 5.11. The minimum absolute atomic E-state index is 0.0219. The third-order valence-corrected chi connectivity index (χ3v) is 3.55. The zero-order valence-corrected chi connectivity index (χ0v) is 12.0. The number of carbonyl (C=O) groups is 1. The molecule has 1 saturated heterocycles. The number of hydrogen-bond acceptors (Lipinski definition) is 4. The first-order valence-corrected chi connectivity index (χ1v) is 7.26. The minimum atomic E-state index is -0.371. The molecule has 1 amide bonds. The molecule has 1 heterocycles. The summed E-state index contributed by atoms with van der Waals surface area (Å²) in [5, 5.41) is 2.87. The number of guanidine groups is 1. The Balaban J connectivity index is 1.82. The fourth-order valence-corrected chi connectivity index (χ4v) is 2.22. The number of nitrogens with zero attached hydrogens (tertiary/aromatic N) is 2. The number of aliphatic imine (C=N–C) groups is 1. The van der Waals surface area contributed by atoms with Gasteiger partial charge in [0.25, 0.3) is 0 Å². The van der Waals surface area contributed by atoms with Crippen LogP contribution < -0.4 is 11.1 Å². The maximum Gasteiger partial charge on any atom is 0.407 e. The molecule has 7 nitrogen and oxygen atoms in total. The Morgan fingerprint density at radius 1 is 1.50 bits per heavy atom. The SMILES string of the molecule is CCOC(=O)NC(CN=C(N)N1CCOCC1)C1CC1. The molecule has 2 fully saturated rings. The Hall–Kier alpha value is -1.50. The maximum absolute atomic E-state index is 11.5.